The van der Waals surface area contributed by atoms with E-state index < -0.39 is 6.10 Å². The Hall–Kier alpha value is -2.69. The Morgan fingerprint density at radius 3 is 2.36 bits per heavy atom. The third kappa shape index (κ3) is 5.91. The number of nitrogens with one attached hydrogen (secondary N) is 1. The summed E-state index contributed by atoms with van der Waals surface area (Å²) in [5.74, 6) is 2.12. The first-order valence-electron chi connectivity index (χ1n) is 9.71. The van der Waals surface area contributed by atoms with Crippen molar-refractivity contribution in [1.82, 2.24) is 5.32 Å². The van der Waals surface area contributed by atoms with Crippen molar-refractivity contribution in [2.45, 2.75) is 46.1 Å². The fourth-order valence-electron chi connectivity index (χ4n) is 3.06. The molecule has 1 amide bonds. The summed E-state index contributed by atoms with van der Waals surface area (Å²) in [6, 6.07) is 11.9. The van der Waals surface area contributed by atoms with Crippen molar-refractivity contribution in [2.24, 2.45) is 0 Å². The van der Waals surface area contributed by atoms with Gasteiger partial charge in [-0.25, -0.2) is 0 Å². The molecule has 5 heteroatoms. The minimum Gasteiger partial charge on any atom is -0.493 e. The van der Waals surface area contributed by atoms with Gasteiger partial charge in [0.1, 0.15) is 5.75 Å². The zero-order valence-electron chi connectivity index (χ0n) is 17.5. The highest BCUT2D eigenvalue weighted by molar-refractivity contribution is 5.81. The zero-order chi connectivity index (χ0) is 20.5. The van der Waals surface area contributed by atoms with Gasteiger partial charge < -0.3 is 19.5 Å². The first-order chi connectivity index (χ1) is 13.5. The van der Waals surface area contributed by atoms with Gasteiger partial charge in [0.15, 0.2) is 17.6 Å². The molecule has 0 aliphatic rings. The number of amides is 1. The molecule has 0 aliphatic heterocycles. The Labute approximate surface area is 168 Å². The predicted molar refractivity (Wildman–Crippen MR) is 111 cm³/mol. The predicted octanol–water partition coefficient (Wildman–Crippen LogP) is 4.23. The molecule has 0 aromatic heterocycles. The molecule has 1 unspecified atom stereocenters. The van der Waals surface area contributed by atoms with Gasteiger partial charge in [0.05, 0.1) is 14.2 Å². The maximum atomic E-state index is 12.5. The number of hydrogen-bond acceptors (Lipinski definition) is 4. The van der Waals surface area contributed by atoms with E-state index in [4.69, 9.17) is 14.2 Å². The SMILES string of the molecule is CCC(Oc1ccc(C)cc1C)C(=O)NCCCc1ccc(OC)c(OC)c1. The summed E-state index contributed by atoms with van der Waals surface area (Å²) in [4.78, 5) is 12.5. The lowest BCUT2D eigenvalue weighted by Crippen LogP contribution is -2.38. The molecular formula is C23H31NO4. The Kier molecular flexibility index (Phi) is 8.18. The van der Waals surface area contributed by atoms with E-state index >= 15 is 0 Å². The summed E-state index contributed by atoms with van der Waals surface area (Å²) < 4.78 is 16.5. The van der Waals surface area contributed by atoms with Crippen LogP contribution in [0.5, 0.6) is 17.2 Å². The van der Waals surface area contributed by atoms with Crippen LogP contribution in [0.1, 0.15) is 36.5 Å². The van der Waals surface area contributed by atoms with Crippen LogP contribution in [0.2, 0.25) is 0 Å². The molecule has 152 valence electrons. The topological polar surface area (TPSA) is 56.8 Å². The monoisotopic (exact) mass is 385 g/mol. The van der Waals surface area contributed by atoms with Crippen LogP contribution in [0, 0.1) is 13.8 Å². The number of aryl methyl sites for hydroxylation is 3. The third-order valence-corrected chi connectivity index (χ3v) is 4.65. The van der Waals surface area contributed by atoms with E-state index in [2.05, 4.69) is 11.4 Å². The van der Waals surface area contributed by atoms with Gasteiger partial charge in [0.2, 0.25) is 0 Å². The van der Waals surface area contributed by atoms with Crippen LogP contribution in [-0.2, 0) is 11.2 Å². The number of benzene rings is 2. The Balaban J connectivity index is 1.83. The molecule has 0 saturated heterocycles. The molecule has 0 fully saturated rings. The average Bonchev–Trinajstić information content (AvgIpc) is 2.70. The van der Waals surface area contributed by atoms with Crippen molar-refractivity contribution in [1.29, 1.82) is 0 Å². The lowest BCUT2D eigenvalue weighted by atomic mass is 10.1. The molecule has 2 rings (SSSR count). The smallest absolute Gasteiger partial charge is 0.261 e. The Bertz CT molecular complexity index is 788. The van der Waals surface area contributed by atoms with Gasteiger partial charge in [0.25, 0.3) is 5.91 Å². The van der Waals surface area contributed by atoms with Crippen molar-refractivity contribution < 1.29 is 19.0 Å². The number of hydrogen-bond donors (Lipinski definition) is 1. The number of carbonyl (C=O) groups excluding carboxylic acids is 1. The molecule has 28 heavy (non-hydrogen) atoms. The normalized spacial score (nSPS) is 11.6. The molecule has 0 radical (unpaired) electrons. The summed E-state index contributed by atoms with van der Waals surface area (Å²) >= 11 is 0. The van der Waals surface area contributed by atoms with Crippen molar-refractivity contribution in [3.63, 3.8) is 0 Å². The van der Waals surface area contributed by atoms with Crippen LogP contribution in [0.4, 0.5) is 0 Å². The highest BCUT2D eigenvalue weighted by atomic mass is 16.5. The minimum atomic E-state index is -0.484. The van der Waals surface area contributed by atoms with Gasteiger partial charge in [-0.1, -0.05) is 30.7 Å². The summed E-state index contributed by atoms with van der Waals surface area (Å²) in [7, 11) is 3.25. The zero-order valence-corrected chi connectivity index (χ0v) is 17.5. The lowest BCUT2D eigenvalue weighted by Gasteiger charge is -2.19. The first kappa shape index (κ1) is 21.6. The van der Waals surface area contributed by atoms with Crippen molar-refractivity contribution in [2.75, 3.05) is 20.8 Å². The average molecular weight is 386 g/mol. The highest BCUT2D eigenvalue weighted by Crippen LogP contribution is 2.28. The van der Waals surface area contributed by atoms with Gasteiger partial charge >= 0.3 is 0 Å². The van der Waals surface area contributed by atoms with Crippen molar-refractivity contribution in [3.8, 4) is 17.2 Å². The van der Waals surface area contributed by atoms with Crippen LogP contribution in [0.25, 0.3) is 0 Å². The van der Waals surface area contributed by atoms with E-state index in [0.29, 0.717) is 18.7 Å². The van der Waals surface area contributed by atoms with Crippen LogP contribution >= 0.6 is 0 Å². The van der Waals surface area contributed by atoms with E-state index in [-0.39, 0.29) is 5.91 Å². The second-order valence-corrected chi connectivity index (χ2v) is 6.87. The van der Waals surface area contributed by atoms with Gasteiger partial charge in [-0.15, -0.1) is 0 Å². The van der Waals surface area contributed by atoms with E-state index in [1.807, 2.05) is 51.1 Å². The minimum absolute atomic E-state index is 0.0743. The molecule has 0 bridgehead atoms. The maximum absolute atomic E-state index is 12.5. The molecule has 5 nitrogen and oxygen atoms in total. The molecule has 0 saturated carbocycles. The molecular weight excluding hydrogens is 354 g/mol. The molecule has 0 aliphatic carbocycles. The van der Waals surface area contributed by atoms with E-state index in [0.717, 1.165) is 35.5 Å². The maximum Gasteiger partial charge on any atom is 0.261 e. The van der Waals surface area contributed by atoms with Crippen LogP contribution in [0.3, 0.4) is 0 Å². The largest absolute Gasteiger partial charge is 0.493 e. The van der Waals surface area contributed by atoms with Gasteiger partial charge in [-0.05, 0) is 62.4 Å². The van der Waals surface area contributed by atoms with Gasteiger partial charge in [-0.2, -0.15) is 0 Å². The third-order valence-electron chi connectivity index (χ3n) is 4.65. The fourth-order valence-corrected chi connectivity index (χ4v) is 3.06. The van der Waals surface area contributed by atoms with Gasteiger partial charge in [0, 0.05) is 6.54 Å². The molecule has 2 aromatic carbocycles. The summed E-state index contributed by atoms with van der Waals surface area (Å²) in [5, 5.41) is 2.99. The van der Waals surface area contributed by atoms with Crippen molar-refractivity contribution >= 4 is 5.91 Å². The van der Waals surface area contributed by atoms with E-state index in [9.17, 15) is 4.79 Å². The number of methoxy groups -OCH3 is 2. The summed E-state index contributed by atoms with van der Waals surface area (Å²) in [6.45, 7) is 6.59. The Morgan fingerprint density at radius 2 is 1.71 bits per heavy atom. The lowest BCUT2D eigenvalue weighted by molar-refractivity contribution is -0.128. The molecule has 1 N–H and O–H groups in total. The Morgan fingerprint density at radius 1 is 1.00 bits per heavy atom. The summed E-state index contributed by atoms with van der Waals surface area (Å²) in [6.07, 6.45) is 1.81. The second kappa shape index (κ2) is 10.6. The highest BCUT2D eigenvalue weighted by Gasteiger charge is 2.18. The number of rotatable bonds is 10. The van der Waals surface area contributed by atoms with E-state index in [1.165, 1.54) is 5.56 Å². The fraction of sp³-hybridized carbons (Fsp3) is 0.435. The van der Waals surface area contributed by atoms with E-state index in [1.54, 1.807) is 14.2 Å². The molecule has 0 heterocycles. The molecule has 0 spiro atoms. The second-order valence-electron chi connectivity index (χ2n) is 6.87. The van der Waals surface area contributed by atoms with Crippen LogP contribution < -0.4 is 19.5 Å². The summed E-state index contributed by atoms with van der Waals surface area (Å²) in [5.41, 5.74) is 3.36. The van der Waals surface area contributed by atoms with Gasteiger partial charge in [-0.3, -0.25) is 4.79 Å². The molecule has 2 aromatic rings. The molecule has 1 atom stereocenters. The van der Waals surface area contributed by atoms with Crippen LogP contribution in [-0.4, -0.2) is 32.8 Å². The standard InChI is InChI=1S/C23H31NO4/c1-6-19(28-20-11-9-16(2)14-17(20)3)23(25)24-13-7-8-18-10-12-21(26-4)22(15-18)27-5/h9-12,14-15,19H,6-8,13H2,1-5H3,(H,24,25). The number of carbonyl (C=O) groups is 1. The quantitative estimate of drug-likeness (QED) is 0.622. The first-order valence-corrected chi connectivity index (χ1v) is 9.71. The van der Waals surface area contributed by atoms with Crippen molar-refractivity contribution in [3.05, 3.63) is 53.1 Å². The number of ether oxygens (including phenoxy) is 3. The van der Waals surface area contributed by atoms with Crippen LogP contribution in [0.15, 0.2) is 36.4 Å².